The quantitative estimate of drug-likeness (QED) is 0.895. The molecule has 116 valence electrons. The maximum Gasteiger partial charge on any atom is 0.417 e. The van der Waals surface area contributed by atoms with Gasteiger partial charge >= 0.3 is 6.18 Å². The Morgan fingerprint density at radius 3 is 2.52 bits per heavy atom. The Bertz CT molecular complexity index is 465. The van der Waals surface area contributed by atoms with Crippen LogP contribution in [0.15, 0.2) is 18.3 Å². The van der Waals surface area contributed by atoms with Crippen LogP contribution in [0.25, 0.3) is 0 Å². The van der Waals surface area contributed by atoms with Crippen LogP contribution in [0, 0.1) is 5.92 Å². The van der Waals surface area contributed by atoms with Crippen LogP contribution in [-0.4, -0.2) is 10.9 Å². The van der Waals surface area contributed by atoms with Crippen LogP contribution in [-0.2, 0) is 11.0 Å². The highest BCUT2D eigenvalue weighted by Crippen LogP contribution is 2.29. The number of amides is 1. The Hall–Kier alpha value is -1.59. The minimum absolute atomic E-state index is 0.164. The number of alkyl halides is 3. The number of carbonyl (C=O) groups excluding carboxylic acids is 1. The maximum atomic E-state index is 12.4. The second-order valence-corrected chi connectivity index (χ2v) is 5.52. The number of rotatable bonds is 4. The second kappa shape index (κ2) is 6.91. The summed E-state index contributed by atoms with van der Waals surface area (Å²) in [5.41, 5.74) is -0.817. The number of hydrogen-bond acceptors (Lipinski definition) is 2. The topological polar surface area (TPSA) is 42.0 Å². The molecule has 0 aliphatic heterocycles. The van der Waals surface area contributed by atoms with Crippen molar-refractivity contribution < 1.29 is 18.0 Å². The van der Waals surface area contributed by atoms with Gasteiger partial charge in [0.15, 0.2) is 0 Å². The molecule has 0 bridgehead atoms. The molecule has 0 unspecified atom stereocenters. The van der Waals surface area contributed by atoms with Gasteiger partial charge in [-0.3, -0.25) is 4.79 Å². The summed E-state index contributed by atoms with van der Waals surface area (Å²) >= 11 is 0. The molecule has 1 heterocycles. The number of halogens is 3. The lowest BCUT2D eigenvalue weighted by molar-refractivity contribution is -0.137. The normalized spacial score (nSPS) is 16.7. The molecule has 1 aromatic rings. The van der Waals surface area contributed by atoms with Crippen LogP contribution in [0.2, 0.25) is 0 Å². The molecule has 6 heteroatoms. The molecule has 1 aromatic heterocycles. The first kappa shape index (κ1) is 15.8. The molecule has 2 rings (SSSR count). The molecular weight excluding hydrogens is 281 g/mol. The number of nitrogens with zero attached hydrogens (tertiary/aromatic N) is 1. The van der Waals surface area contributed by atoms with Crippen LogP contribution >= 0.6 is 0 Å². The van der Waals surface area contributed by atoms with Crippen LogP contribution in [0.3, 0.4) is 0 Å². The summed E-state index contributed by atoms with van der Waals surface area (Å²) in [6, 6.07) is 2.10. The first-order valence-corrected chi connectivity index (χ1v) is 7.28. The van der Waals surface area contributed by atoms with E-state index in [1.165, 1.54) is 38.2 Å². The third kappa shape index (κ3) is 5.02. The zero-order chi connectivity index (χ0) is 15.3. The van der Waals surface area contributed by atoms with E-state index in [4.69, 9.17) is 0 Å². The lowest BCUT2D eigenvalue weighted by Gasteiger charge is -2.20. The predicted octanol–water partition coefficient (Wildman–Crippen LogP) is 4.40. The van der Waals surface area contributed by atoms with Gasteiger partial charge in [-0.25, -0.2) is 4.98 Å². The molecule has 1 aliphatic carbocycles. The molecule has 3 nitrogen and oxygen atoms in total. The smallest absolute Gasteiger partial charge is 0.311 e. The fourth-order valence-electron chi connectivity index (χ4n) is 2.65. The molecule has 0 atom stereocenters. The number of nitrogens with one attached hydrogen (secondary N) is 1. The average molecular weight is 300 g/mol. The Morgan fingerprint density at radius 2 is 1.95 bits per heavy atom. The van der Waals surface area contributed by atoms with Gasteiger partial charge in [0, 0.05) is 12.6 Å². The van der Waals surface area contributed by atoms with Crippen molar-refractivity contribution in [2.75, 3.05) is 5.32 Å². The number of carbonyl (C=O) groups is 1. The van der Waals surface area contributed by atoms with Crippen molar-refractivity contribution in [3.8, 4) is 0 Å². The lowest BCUT2D eigenvalue weighted by atomic mass is 9.86. The zero-order valence-electron chi connectivity index (χ0n) is 11.7. The Balaban J connectivity index is 1.79. The third-order valence-corrected chi connectivity index (χ3v) is 3.86. The summed E-state index contributed by atoms with van der Waals surface area (Å²) in [5.74, 6) is 0.578. The van der Waals surface area contributed by atoms with E-state index in [0.29, 0.717) is 12.3 Å². The van der Waals surface area contributed by atoms with Crippen molar-refractivity contribution in [3.05, 3.63) is 23.9 Å². The molecule has 1 aliphatic rings. The number of aromatic nitrogens is 1. The van der Waals surface area contributed by atoms with Crippen LogP contribution in [0.5, 0.6) is 0 Å². The average Bonchev–Trinajstić information content (AvgIpc) is 2.46. The fourth-order valence-corrected chi connectivity index (χ4v) is 2.65. The molecular formula is C15H19F3N2O. The predicted molar refractivity (Wildman–Crippen MR) is 73.7 cm³/mol. The number of hydrogen-bond donors (Lipinski definition) is 1. The van der Waals surface area contributed by atoms with Gasteiger partial charge in [0.25, 0.3) is 0 Å². The molecule has 1 N–H and O–H groups in total. The molecule has 1 fully saturated rings. The van der Waals surface area contributed by atoms with Crippen molar-refractivity contribution in [2.45, 2.75) is 51.1 Å². The van der Waals surface area contributed by atoms with E-state index in [1.54, 1.807) is 0 Å². The van der Waals surface area contributed by atoms with Crippen molar-refractivity contribution in [1.82, 2.24) is 4.98 Å². The number of pyridine rings is 1. The lowest BCUT2D eigenvalue weighted by Crippen LogP contribution is -2.16. The van der Waals surface area contributed by atoms with Gasteiger partial charge in [-0.15, -0.1) is 0 Å². The van der Waals surface area contributed by atoms with E-state index in [0.717, 1.165) is 18.7 Å². The molecule has 1 amide bonds. The van der Waals surface area contributed by atoms with Gasteiger partial charge in [0.1, 0.15) is 5.82 Å². The van der Waals surface area contributed by atoms with E-state index in [1.807, 2.05) is 0 Å². The van der Waals surface area contributed by atoms with Crippen molar-refractivity contribution in [2.24, 2.45) is 5.92 Å². The largest absolute Gasteiger partial charge is 0.417 e. The van der Waals surface area contributed by atoms with Gasteiger partial charge < -0.3 is 5.32 Å². The van der Waals surface area contributed by atoms with Gasteiger partial charge in [0.2, 0.25) is 5.91 Å². The summed E-state index contributed by atoms with van der Waals surface area (Å²) in [6.07, 6.45) is 3.64. The molecule has 0 spiro atoms. The summed E-state index contributed by atoms with van der Waals surface area (Å²) < 4.78 is 37.1. The maximum absolute atomic E-state index is 12.4. The van der Waals surface area contributed by atoms with E-state index in [9.17, 15) is 18.0 Å². The van der Waals surface area contributed by atoms with E-state index in [-0.39, 0.29) is 11.7 Å². The molecule has 21 heavy (non-hydrogen) atoms. The molecule has 0 radical (unpaired) electrons. The summed E-state index contributed by atoms with van der Waals surface area (Å²) in [4.78, 5) is 15.4. The third-order valence-electron chi connectivity index (χ3n) is 3.86. The van der Waals surface area contributed by atoms with Gasteiger partial charge in [-0.1, -0.05) is 32.1 Å². The Morgan fingerprint density at radius 1 is 1.24 bits per heavy atom. The molecule has 1 saturated carbocycles. The summed E-state index contributed by atoms with van der Waals surface area (Å²) in [7, 11) is 0. The standard InChI is InChI=1S/C15H19F3N2O/c16-15(17,18)12-7-8-13(19-10-12)20-14(21)9-6-11-4-2-1-3-5-11/h7-8,10-11H,1-6,9H2,(H,19,20,21). The molecule has 0 saturated heterocycles. The summed E-state index contributed by atoms with van der Waals surface area (Å²) in [5, 5.41) is 2.54. The SMILES string of the molecule is O=C(CCC1CCCCC1)Nc1ccc(C(F)(F)F)cn1. The first-order valence-electron chi connectivity index (χ1n) is 7.28. The number of anilines is 1. The highest BCUT2D eigenvalue weighted by Gasteiger charge is 2.30. The van der Waals surface area contributed by atoms with E-state index < -0.39 is 11.7 Å². The minimum Gasteiger partial charge on any atom is -0.311 e. The van der Waals surface area contributed by atoms with Crippen molar-refractivity contribution in [1.29, 1.82) is 0 Å². The highest BCUT2D eigenvalue weighted by atomic mass is 19.4. The van der Waals surface area contributed by atoms with Crippen molar-refractivity contribution in [3.63, 3.8) is 0 Å². The van der Waals surface area contributed by atoms with Crippen LogP contribution in [0.4, 0.5) is 19.0 Å². The fraction of sp³-hybridized carbons (Fsp3) is 0.600. The monoisotopic (exact) mass is 300 g/mol. The van der Waals surface area contributed by atoms with Crippen molar-refractivity contribution >= 4 is 11.7 Å². The Kier molecular flexibility index (Phi) is 5.20. The first-order chi connectivity index (χ1) is 9.95. The Labute approximate surface area is 122 Å². The second-order valence-electron chi connectivity index (χ2n) is 5.52. The highest BCUT2D eigenvalue weighted by molar-refractivity contribution is 5.89. The van der Waals surface area contributed by atoms with Gasteiger partial charge in [-0.2, -0.15) is 13.2 Å². The minimum atomic E-state index is -4.41. The zero-order valence-corrected chi connectivity index (χ0v) is 11.7. The van der Waals surface area contributed by atoms with E-state index >= 15 is 0 Å². The van der Waals surface area contributed by atoms with Gasteiger partial charge in [-0.05, 0) is 24.5 Å². The van der Waals surface area contributed by atoms with Crippen LogP contribution in [0.1, 0.15) is 50.5 Å². The summed E-state index contributed by atoms with van der Waals surface area (Å²) in [6.45, 7) is 0. The van der Waals surface area contributed by atoms with Gasteiger partial charge in [0.05, 0.1) is 5.56 Å². The van der Waals surface area contributed by atoms with Crippen LogP contribution < -0.4 is 5.32 Å². The molecule has 0 aromatic carbocycles. The van der Waals surface area contributed by atoms with E-state index in [2.05, 4.69) is 10.3 Å².